The highest BCUT2D eigenvalue weighted by molar-refractivity contribution is 5.71. The van der Waals surface area contributed by atoms with Gasteiger partial charge in [0.1, 0.15) is 0 Å². The van der Waals surface area contributed by atoms with E-state index in [4.69, 9.17) is 10.4 Å². The number of nitriles is 1. The molecule has 0 saturated heterocycles. The molecule has 1 aromatic heterocycles. The summed E-state index contributed by atoms with van der Waals surface area (Å²) in [5.41, 5.74) is 6.15. The third-order valence-electron chi connectivity index (χ3n) is 4.31. The van der Waals surface area contributed by atoms with Crippen molar-refractivity contribution < 1.29 is 0 Å². The molecule has 124 valence electrons. The molecule has 0 amide bonds. The Morgan fingerprint density at radius 2 is 1.54 bits per heavy atom. The average molecular weight is 335 g/mol. The van der Waals surface area contributed by atoms with Crippen LogP contribution in [0.5, 0.6) is 0 Å². The maximum Gasteiger partial charge on any atom is 0.0991 e. The molecule has 26 heavy (non-hydrogen) atoms. The Hall–Kier alpha value is -3.64. The van der Waals surface area contributed by atoms with Crippen LogP contribution in [0.4, 0.5) is 0 Å². The van der Waals surface area contributed by atoms with Gasteiger partial charge in [-0.1, -0.05) is 60.7 Å². The van der Waals surface area contributed by atoms with Gasteiger partial charge >= 0.3 is 0 Å². The molecule has 4 aromatic rings. The summed E-state index contributed by atoms with van der Waals surface area (Å²) in [5, 5.41) is 13.7. The lowest BCUT2D eigenvalue weighted by atomic mass is 10.0. The number of nitrogens with zero attached hydrogens (tertiary/aromatic N) is 3. The molecule has 0 aliphatic carbocycles. The van der Waals surface area contributed by atoms with Crippen molar-refractivity contribution in [1.82, 2.24) is 9.78 Å². The number of rotatable bonds is 4. The van der Waals surface area contributed by atoms with E-state index in [0.29, 0.717) is 12.1 Å². The van der Waals surface area contributed by atoms with Crippen LogP contribution in [-0.4, -0.2) is 9.78 Å². The van der Waals surface area contributed by atoms with Gasteiger partial charge in [-0.2, -0.15) is 10.4 Å². The van der Waals surface area contributed by atoms with Crippen molar-refractivity contribution in [2.75, 3.05) is 0 Å². The molecule has 1 heterocycles. The zero-order valence-corrected chi connectivity index (χ0v) is 14.2. The van der Waals surface area contributed by atoms with E-state index in [1.165, 1.54) is 11.1 Å². The third-order valence-corrected chi connectivity index (χ3v) is 4.31. The highest BCUT2D eigenvalue weighted by atomic mass is 15.3. The van der Waals surface area contributed by atoms with Gasteiger partial charge in [0.05, 0.1) is 23.9 Å². The van der Waals surface area contributed by atoms with Crippen LogP contribution in [0.1, 0.15) is 11.1 Å². The molecule has 0 unspecified atom stereocenters. The maximum atomic E-state index is 9.03. The summed E-state index contributed by atoms with van der Waals surface area (Å²) in [7, 11) is 0. The van der Waals surface area contributed by atoms with Crippen LogP contribution >= 0.6 is 0 Å². The summed E-state index contributed by atoms with van der Waals surface area (Å²) in [4.78, 5) is 0. The Bertz CT molecular complexity index is 1070. The fourth-order valence-corrected chi connectivity index (χ4v) is 3.02. The second kappa shape index (κ2) is 7.08. The van der Waals surface area contributed by atoms with Crippen LogP contribution in [0.2, 0.25) is 0 Å². The molecule has 0 bridgehead atoms. The minimum Gasteiger partial charge on any atom is -0.268 e. The molecule has 0 spiro atoms. The van der Waals surface area contributed by atoms with E-state index >= 15 is 0 Å². The van der Waals surface area contributed by atoms with Crippen LogP contribution in [0.25, 0.3) is 22.4 Å². The highest BCUT2D eigenvalue weighted by Crippen LogP contribution is 2.25. The van der Waals surface area contributed by atoms with Crippen LogP contribution < -0.4 is 0 Å². The SMILES string of the molecule is N#Cc1cccc(Cn2ccc(-c3cccc(-c4ccccc4)c3)n2)c1. The van der Waals surface area contributed by atoms with Crippen molar-refractivity contribution in [3.8, 4) is 28.5 Å². The second-order valence-corrected chi connectivity index (χ2v) is 6.16. The van der Waals surface area contributed by atoms with Crippen molar-refractivity contribution in [3.63, 3.8) is 0 Å². The summed E-state index contributed by atoms with van der Waals surface area (Å²) in [6.45, 7) is 0.647. The summed E-state index contributed by atoms with van der Waals surface area (Å²) in [6, 6.07) is 30.6. The fraction of sp³-hybridized carbons (Fsp3) is 0.0435. The van der Waals surface area contributed by atoms with E-state index in [2.05, 4.69) is 42.5 Å². The topological polar surface area (TPSA) is 41.6 Å². The van der Waals surface area contributed by atoms with Crippen LogP contribution in [0.3, 0.4) is 0 Å². The first-order valence-corrected chi connectivity index (χ1v) is 8.50. The van der Waals surface area contributed by atoms with Crippen molar-refractivity contribution in [1.29, 1.82) is 5.26 Å². The molecule has 4 rings (SSSR count). The Morgan fingerprint density at radius 1 is 0.769 bits per heavy atom. The zero-order valence-electron chi connectivity index (χ0n) is 14.2. The van der Waals surface area contributed by atoms with E-state index in [0.717, 1.165) is 16.8 Å². The molecule has 3 aromatic carbocycles. The fourth-order valence-electron chi connectivity index (χ4n) is 3.02. The summed E-state index contributed by atoms with van der Waals surface area (Å²) >= 11 is 0. The molecule has 3 nitrogen and oxygen atoms in total. The first-order valence-electron chi connectivity index (χ1n) is 8.50. The summed E-state index contributed by atoms with van der Waals surface area (Å²) in [5.74, 6) is 0. The van der Waals surface area contributed by atoms with Crippen molar-refractivity contribution in [2.45, 2.75) is 6.54 Å². The van der Waals surface area contributed by atoms with Crippen LogP contribution in [-0.2, 0) is 6.54 Å². The average Bonchev–Trinajstić information content (AvgIpc) is 3.17. The zero-order chi connectivity index (χ0) is 17.8. The summed E-state index contributed by atoms with van der Waals surface area (Å²) < 4.78 is 1.90. The van der Waals surface area contributed by atoms with E-state index in [-0.39, 0.29) is 0 Å². The Kier molecular flexibility index (Phi) is 4.32. The van der Waals surface area contributed by atoms with Gasteiger partial charge in [-0.15, -0.1) is 0 Å². The van der Waals surface area contributed by atoms with Gasteiger partial charge in [0.15, 0.2) is 0 Å². The van der Waals surface area contributed by atoms with Gasteiger partial charge in [-0.3, -0.25) is 4.68 Å². The minimum atomic E-state index is 0.647. The molecule has 0 atom stereocenters. The monoisotopic (exact) mass is 335 g/mol. The van der Waals surface area contributed by atoms with Gasteiger partial charge in [0.2, 0.25) is 0 Å². The largest absolute Gasteiger partial charge is 0.268 e. The first kappa shape index (κ1) is 15.9. The predicted molar refractivity (Wildman–Crippen MR) is 103 cm³/mol. The Morgan fingerprint density at radius 3 is 2.38 bits per heavy atom. The highest BCUT2D eigenvalue weighted by Gasteiger charge is 2.05. The van der Waals surface area contributed by atoms with E-state index in [9.17, 15) is 0 Å². The van der Waals surface area contributed by atoms with Gasteiger partial charge in [0, 0.05) is 11.8 Å². The summed E-state index contributed by atoms with van der Waals surface area (Å²) in [6.07, 6.45) is 1.98. The number of hydrogen-bond donors (Lipinski definition) is 0. The van der Waals surface area contributed by atoms with Gasteiger partial charge in [-0.25, -0.2) is 0 Å². The van der Waals surface area contributed by atoms with Crippen molar-refractivity contribution >= 4 is 0 Å². The molecule has 0 saturated carbocycles. The lowest BCUT2D eigenvalue weighted by Crippen LogP contribution is -2.00. The second-order valence-electron chi connectivity index (χ2n) is 6.16. The smallest absolute Gasteiger partial charge is 0.0991 e. The third kappa shape index (κ3) is 3.40. The molecule has 0 fully saturated rings. The normalized spacial score (nSPS) is 10.4. The van der Waals surface area contributed by atoms with E-state index in [1.54, 1.807) is 0 Å². The number of aromatic nitrogens is 2. The lowest BCUT2D eigenvalue weighted by Gasteiger charge is -2.05. The molecule has 3 heteroatoms. The Labute approximate surface area is 152 Å². The molecule has 0 aliphatic rings. The molecule has 0 radical (unpaired) electrons. The van der Waals surface area contributed by atoms with Crippen molar-refractivity contribution in [3.05, 3.63) is 102 Å². The minimum absolute atomic E-state index is 0.647. The number of benzene rings is 3. The van der Waals surface area contributed by atoms with Crippen molar-refractivity contribution in [2.24, 2.45) is 0 Å². The quantitative estimate of drug-likeness (QED) is 0.518. The molecular formula is C23H17N3. The van der Waals surface area contributed by atoms with Crippen LogP contribution in [0.15, 0.2) is 91.1 Å². The van der Waals surface area contributed by atoms with E-state index in [1.807, 2.05) is 59.4 Å². The van der Waals surface area contributed by atoms with Gasteiger partial charge in [0.25, 0.3) is 0 Å². The lowest BCUT2D eigenvalue weighted by molar-refractivity contribution is 0.689. The maximum absolute atomic E-state index is 9.03. The van der Waals surface area contributed by atoms with Gasteiger partial charge in [-0.05, 0) is 41.0 Å². The van der Waals surface area contributed by atoms with Gasteiger partial charge < -0.3 is 0 Å². The van der Waals surface area contributed by atoms with E-state index < -0.39 is 0 Å². The molecule has 0 aliphatic heterocycles. The Balaban J connectivity index is 1.59. The number of hydrogen-bond acceptors (Lipinski definition) is 2. The standard InChI is InChI=1S/C23H17N3/c24-16-18-6-4-7-19(14-18)17-26-13-12-23(25-26)22-11-5-10-21(15-22)20-8-2-1-3-9-20/h1-15H,17H2. The first-order chi connectivity index (χ1) is 12.8. The van der Waals surface area contributed by atoms with Crippen LogP contribution in [0, 0.1) is 11.3 Å². The predicted octanol–water partition coefficient (Wildman–Crippen LogP) is 5.14. The molecule has 0 N–H and O–H groups in total. The molecular weight excluding hydrogens is 318 g/mol.